The zero-order valence-corrected chi connectivity index (χ0v) is 13.5. The summed E-state index contributed by atoms with van der Waals surface area (Å²) in [6, 6.07) is 2.47. The fourth-order valence-electron chi connectivity index (χ4n) is 2.91. The molecular formula is C13H19Cl2F3N4. The van der Waals surface area contributed by atoms with Gasteiger partial charge >= 0.3 is 6.18 Å². The van der Waals surface area contributed by atoms with Crippen molar-refractivity contribution in [3.63, 3.8) is 0 Å². The molecule has 1 aromatic rings. The molecule has 3 heterocycles. The number of alkyl halides is 3. The van der Waals surface area contributed by atoms with E-state index >= 15 is 0 Å². The molecule has 0 aromatic carbocycles. The molecule has 2 atom stereocenters. The van der Waals surface area contributed by atoms with Gasteiger partial charge in [-0.2, -0.15) is 13.2 Å². The second-order valence-corrected chi connectivity index (χ2v) is 5.51. The Labute approximate surface area is 139 Å². The van der Waals surface area contributed by atoms with Gasteiger partial charge in [0.1, 0.15) is 0 Å². The van der Waals surface area contributed by atoms with Crippen molar-refractivity contribution >= 4 is 30.8 Å². The maximum absolute atomic E-state index is 12.2. The molecule has 2 saturated heterocycles. The van der Waals surface area contributed by atoms with Crippen LogP contribution in [0.4, 0.5) is 19.1 Å². The molecule has 9 heteroatoms. The third-order valence-corrected chi connectivity index (χ3v) is 3.86. The molecule has 0 radical (unpaired) electrons. The van der Waals surface area contributed by atoms with E-state index in [4.69, 9.17) is 0 Å². The van der Waals surface area contributed by atoms with E-state index in [2.05, 4.69) is 20.2 Å². The molecule has 22 heavy (non-hydrogen) atoms. The van der Waals surface area contributed by atoms with Crippen LogP contribution in [0.25, 0.3) is 0 Å². The molecule has 1 N–H and O–H groups in total. The largest absolute Gasteiger partial charge is 0.389 e. The van der Waals surface area contributed by atoms with Gasteiger partial charge in [-0.15, -0.1) is 24.8 Å². The van der Waals surface area contributed by atoms with Crippen molar-refractivity contribution in [3.8, 4) is 0 Å². The Morgan fingerprint density at radius 3 is 2.41 bits per heavy atom. The molecular weight excluding hydrogens is 340 g/mol. The van der Waals surface area contributed by atoms with Crippen LogP contribution in [0.2, 0.25) is 0 Å². The van der Waals surface area contributed by atoms with Crippen LogP contribution in [0.15, 0.2) is 12.3 Å². The first kappa shape index (κ1) is 19.3. The van der Waals surface area contributed by atoms with Crippen molar-refractivity contribution in [2.24, 2.45) is 0 Å². The SMILES string of the molecule is Cl.Cl.FC(F)(F)CCc1ccnc(N2C[C@H]3CC[C@@H](C2)N3)n1. The Kier molecular flexibility index (Phi) is 6.70. The van der Waals surface area contributed by atoms with E-state index in [0.717, 1.165) is 25.9 Å². The minimum Gasteiger partial charge on any atom is -0.338 e. The van der Waals surface area contributed by atoms with Gasteiger partial charge in [-0.3, -0.25) is 0 Å². The van der Waals surface area contributed by atoms with Crippen LogP contribution in [0.3, 0.4) is 0 Å². The number of hydrogen-bond acceptors (Lipinski definition) is 4. The molecule has 1 aromatic heterocycles. The average Bonchev–Trinajstić information content (AvgIpc) is 2.75. The maximum atomic E-state index is 12.2. The van der Waals surface area contributed by atoms with Crippen LogP contribution < -0.4 is 10.2 Å². The van der Waals surface area contributed by atoms with Crippen molar-refractivity contribution in [3.05, 3.63) is 18.0 Å². The molecule has 4 nitrogen and oxygen atoms in total. The molecule has 0 unspecified atom stereocenters. The van der Waals surface area contributed by atoms with Crippen LogP contribution in [0, 0.1) is 0 Å². The van der Waals surface area contributed by atoms with Gasteiger partial charge in [-0.05, 0) is 25.3 Å². The predicted molar refractivity (Wildman–Crippen MR) is 83.1 cm³/mol. The van der Waals surface area contributed by atoms with Crippen LogP contribution in [-0.2, 0) is 6.42 Å². The number of aromatic nitrogens is 2. The number of rotatable bonds is 3. The number of aryl methyl sites for hydroxylation is 1. The molecule has 2 fully saturated rings. The van der Waals surface area contributed by atoms with Gasteiger partial charge < -0.3 is 10.2 Å². The lowest BCUT2D eigenvalue weighted by molar-refractivity contribution is -0.134. The Morgan fingerprint density at radius 1 is 1.18 bits per heavy atom. The van der Waals surface area contributed by atoms with Gasteiger partial charge in [0.2, 0.25) is 5.95 Å². The summed E-state index contributed by atoms with van der Waals surface area (Å²) in [6.45, 7) is 1.67. The highest BCUT2D eigenvalue weighted by Crippen LogP contribution is 2.24. The number of piperazine rings is 1. The number of halogens is 5. The first-order valence-electron chi connectivity index (χ1n) is 6.89. The molecule has 0 spiro atoms. The lowest BCUT2D eigenvalue weighted by Gasteiger charge is -2.32. The topological polar surface area (TPSA) is 41.1 Å². The van der Waals surface area contributed by atoms with E-state index in [-0.39, 0.29) is 31.2 Å². The third-order valence-electron chi connectivity index (χ3n) is 3.86. The average molecular weight is 359 g/mol. The summed E-state index contributed by atoms with van der Waals surface area (Å²) in [4.78, 5) is 10.6. The summed E-state index contributed by atoms with van der Waals surface area (Å²) in [5.41, 5.74) is 0.457. The highest BCUT2D eigenvalue weighted by molar-refractivity contribution is 5.85. The summed E-state index contributed by atoms with van der Waals surface area (Å²) in [5.74, 6) is 0.558. The number of fused-ring (bicyclic) bond motifs is 2. The van der Waals surface area contributed by atoms with Crippen LogP contribution in [-0.4, -0.2) is 41.3 Å². The van der Waals surface area contributed by atoms with Gasteiger partial charge in [-0.1, -0.05) is 0 Å². The van der Waals surface area contributed by atoms with Crippen LogP contribution in [0.1, 0.15) is 25.0 Å². The van der Waals surface area contributed by atoms with Gasteiger partial charge in [0.05, 0.1) is 0 Å². The molecule has 0 amide bonds. The smallest absolute Gasteiger partial charge is 0.338 e. The Balaban J connectivity index is 0.00000121. The summed E-state index contributed by atoms with van der Waals surface area (Å²) in [5, 5.41) is 3.50. The molecule has 126 valence electrons. The standard InChI is InChI=1S/C13H17F3N4.2ClH/c14-13(15,16)5-3-9-4-6-17-12(19-9)20-7-10-1-2-11(8-20)18-10;;/h4,6,10-11,18H,1-3,5,7-8H2;2*1H/t10-,11+;;. The number of nitrogens with zero attached hydrogens (tertiary/aromatic N) is 3. The number of nitrogens with one attached hydrogen (secondary N) is 1. The fraction of sp³-hybridized carbons (Fsp3) is 0.692. The van der Waals surface area contributed by atoms with E-state index in [1.165, 1.54) is 0 Å². The van der Waals surface area contributed by atoms with Gasteiger partial charge in [0, 0.05) is 43.5 Å². The van der Waals surface area contributed by atoms with Gasteiger partial charge in [-0.25, -0.2) is 9.97 Å². The van der Waals surface area contributed by atoms with Crippen molar-refractivity contribution in [2.45, 2.75) is 43.9 Å². The van der Waals surface area contributed by atoms with Gasteiger partial charge in [0.25, 0.3) is 0 Å². The van der Waals surface area contributed by atoms with E-state index in [0.29, 0.717) is 23.7 Å². The Morgan fingerprint density at radius 2 is 1.82 bits per heavy atom. The van der Waals surface area contributed by atoms with Crippen LogP contribution >= 0.6 is 24.8 Å². The summed E-state index contributed by atoms with van der Waals surface area (Å²) in [6.07, 6.45) is -1.21. The normalized spacial score (nSPS) is 23.7. The molecule has 0 saturated carbocycles. The zero-order valence-electron chi connectivity index (χ0n) is 11.8. The molecule has 3 rings (SSSR count). The van der Waals surface area contributed by atoms with E-state index in [1.54, 1.807) is 12.3 Å². The van der Waals surface area contributed by atoms with E-state index < -0.39 is 12.6 Å². The number of hydrogen-bond donors (Lipinski definition) is 1. The highest BCUT2D eigenvalue weighted by atomic mass is 35.5. The second kappa shape index (κ2) is 7.66. The first-order chi connectivity index (χ1) is 9.49. The molecule has 2 aliphatic heterocycles. The van der Waals surface area contributed by atoms with Crippen molar-refractivity contribution in [1.29, 1.82) is 0 Å². The summed E-state index contributed by atoms with van der Waals surface area (Å²) >= 11 is 0. The Hall–Kier alpha value is -0.790. The number of anilines is 1. The van der Waals surface area contributed by atoms with E-state index in [1.807, 2.05) is 0 Å². The zero-order chi connectivity index (χ0) is 14.2. The predicted octanol–water partition coefficient (Wildman–Crippen LogP) is 2.76. The summed E-state index contributed by atoms with van der Waals surface area (Å²) in [7, 11) is 0. The minimum atomic E-state index is -4.14. The first-order valence-corrected chi connectivity index (χ1v) is 6.89. The quantitative estimate of drug-likeness (QED) is 0.901. The molecule has 2 aliphatic rings. The molecule has 2 bridgehead atoms. The van der Waals surface area contributed by atoms with Crippen LogP contribution in [0.5, 0.6) is 0 Å². The van der Waals surface area contributed by atoms with Gasteiger partial charge in [0.15, 0.2) is 0 Å². The Bertz CT molecular complexity index is 475. The van der Waals surface area contributed by atoms with Crippen molar-refractivity contribution < 1.29 is 13.2 Å². The minimum absolute atomic E-state index is 0. The fourth-order valence-corrected chi connectivity index (χ4v) is 2.91. The van der Waals surface area contributed by atoms with Crippen molar-refractivity contribution in [2.75, 3.05) is 18.0 Å². The lowest BCUT2D eigenvalue weighted by atomic mass is 10.2. The second-order valence-electron chi connectivity index (χ2n) is 5.51. The van der Waals surface area contributed by atoms with E-state index in [9.17, 15) is 13.2 Å². The maximum Gasteiger partial charge on any atom is 0.389 e. The lowest BCUT2D eigenvalue weighted by Crippen LogP contribution is -2.51. The highest BCUT2D eigenvalue weighted by Gasteiger charge is 2.33. The molecule has 0 aliphatic carbocycles. The summed E-state index contributed by atoms with van der Waals surface area (Å²) < 4.78 is 36.7. The van der Waals surface area contributed by atoms with Crippen molar-refractivity contribution in [1.82, 2.24) is 15.3 Å². The monoisotopic (exact) mass is 358 g/mol. The third kappa shape index (κ3) is 4.86.